The molecule has 5 nitrogen and oxygen atoms in total. The lowest BCUT2D eigenvalue weighted by molar-refractivity contribution is -0.146. The zero-order valence-electron chi connectivity index (χ0n) is 16.1. The standard InChI is InChI=1S/C22H19F3N2O3/c1-12(21(28)29)11-27-19-9-17(20-16(7-8-30-20)18(19)10-26)15-5-3-14(4-6-15)13(2)22(23,24)25/h3-6,9,13,27H,1,7-8,11H2,2H3,(H,28,29). The van der Waals surface area contributed by atoms with Crippen LogP contribution < -0.4 is 10.1 Å². The molecule has 3 rings (SSSR count). The van der Waals surface area contributed by atoms with E-state index in [9.17, 15) is 23.2 Å². The molecule has 1 aliphatic rings. The van der Waals surface area contributed by atoms with Gasteiger partial charge < -0.3 is 15.2 Å². The first-order valence-electron chi connectivity index (χ1n) is 9.18. The highest BCUT2D eigenvalue weighted by Crippen LogP contribution is 2.43. The van der Waals surface area contributed by atoms with Crippen molar-refractivity contribution < 1.29 is 27.8 Å². The van der Waals surface area contributed by atoms with Crippen molar-refractivity contribution in [3.8, 4) is 22.9 Å². The summed E-state index contributed by atoms with van der Waals surface area (Å²) in [6.07, 6.45) is -3.83. The summed E-state index contributed by atoms with van der Waals surface area (Å²) in [5.74, 6) is -2.22. The van der Waals surface area contributed by atoms with Gasteiger partial charge >= 0.3 is 12.1 Å². The Hall–Kier alpha value is -3.47. The lowest BCUT2D eigenvalue weighted by Crippen LogP contribution is -2.17. The molecule has 156 valence electrons. The molecule has 1 atom stereocenters. The molecule has 0 saturated carbocycles. The summed E-state index contributed by atoms with van der Waals surface area (Å²) in [6.45, 7) is 4.88. The summed E-state index contributed by atoms with van der Waals surface area (Å²) in [7, 11) is 0. The van der Waals surface area contributed by atoms with Gasteiger partial charge in [0.25, 0.3) is 0 Å². The zero-order chi connectivity index (χ0) is 22.1. The van der Waals surface area contributed by atoms with E-state index in [1.165, 1.54) is 12.1 Å². The lowest BCUT2D eigenvalue weighted by Gasteiger charge is -2.18. The van der Waals surface area contributed by atoms with Gasteiger partial charge in [-0.1, -0.05) is 30.8 Å². The summed E-state index contributed by atoms with van der Waals surface area (Å²) in [5.41, 5.74) is 2.80. The quantitative estimate of drug-likeness (QED) is 0.656. The van der Waals surface area contributed by atoms with Gasteiger partial charge in [0.15, 0.2) is 0 Å². The molecule has 0 aliphatic carbocycles. The third kappa shape index (κ3) is 4.10. The van der Waals surface area contributed by atoms with Crippen molar-refractivity contribution in [1.29, 1.82) is 5.26 Å². The van der Waals surface area contributed by atoms with Gasteiger partial charge in [-0.15, -0.1) is 0 Å². The molecular formula is C22H19F3N2O3. The summed E-state index contributed by atoms with van der Waals surface area (Å²) in [6, 6.07) is 9.79. The SMILES string of the molecule is C=C(CNc1cc(-c2ccc(C(C)C(F)(F)F)cc2)c2c(c1C#N)CCO2)C(=O)O. The molecule has 2 aromatic carbocycles. The van der Waals surface area contributed by atoms with Gasteiger partial charge in [0.2, 0.25) is 0 Å². The highest BCUT2D eigenvalue weighted by molar-refractivity contribution is 5.87. The van der Waals surface area contributed by atoms with Gasteiger partial charge in [-0.2, -0.15) is 18.4 Å². The second-order valence-electron chi connectivity index (χ2n) is 7.01. The molecule has 1 heterocycles. The number of hydrogen-bond acceptors (Lipinski definition) is 4. The molecule has 0 amide bonds. The van der Waals surface area contributed by atoms with Crippen LogP contribution in [0.4, 0.5) is 18.9 Å². The van der Waals surface area contributed by atoms with E-state index in [-0.39, 0.29) is 17.7 Å². The summed E-state index contributed by atoms with van der Waals surface area (Å²) in [4.78, 5) is 11.0. The van der Waals surface area contributed by atoms with Crippen LogP contribution in [0.5, 0.6) is 5.75 Å². The van der Waals surface area contributed by atoms with Crippen molar-refractivity contribution >= 4 is 11.7 Å². The van der Waals surface area contributed by atoms with E-state index in [0.717, 1.165) is 6.92 Å². The van der Waals surface area contributed by atoms with Gasteiger partial charge in [0.05, 0.1) is 23.8 Å². The number of rotatable bonds is 6. The van der Waals surface area contributed by atoms with E-state index >= 15 is 0 Å². The monoisotopic (exact) mass is 416 g/mol. The first kappa shape index (κ1) is 21.2. The third-order valence-electron chi connectivity index (χ3n) is 5.10. The molecule has 0 saturated heterocycles. The van der Waals surface area contributed by atoms with Crippen molar-refractivity contribution in [1.82, 2.24) is 0 Å². The van der Waals surface area contributed by atoms with Crippen LogP contribution in [0, 0.1) is 11.3 Å². The Morgan fingerprint density at radius 1 is 1.37 bits per heavy atom. The number of benzene rings is 2. The van der Waals surface area contributed by atoms with Crippen molar-refractivity contribution in [2.45, 2.75) is 25.4 Å². The van der Waals surface area contributed by atoms with Crippen LogP contribution in [0.15, 0.2) is 42.5 Å². The number of nitrogens with zero attached hydrogens (tertiary/aromatic N) is 1. The number of carboxylic acids is 1. The van der Waals surface area contributed by atoms with E-state index in [4.69, 9.17) is 9.84 Å². The van der Waals surface area contributed by atoms with Gasteiger partial charge in [-0.05, 0) is 24.1 Å². The maximum absolute atomic E-state index is 13.0. The number of nitrogens with one attached hydrogen (secondary N) is 1. The first-order valence-corrected chi connectivity index (χ1v) is 9.18. The number of carboxylic acid groups (broad SMARTS) is 1. The van der Waals surface area contributed by atoms with Crippen LogP contribution in [0.1, 0.15) is 29.5 Å². The largest absolute Gasteiger partial charge is 0.492 e. The highest BCUT2D eigenvalue weighted by atomic mass is 19.4. The molecular weight excluding hydrogens is 397 g/mol. The van der Waals surface area contributed by atoms with E-state index in [2.05, 4.69) is 18.0 Å². The Morgan fingerprint density at radius 3 is 2.60 bits per heavy atom. The molecule has 2 aromatic rings. The Balaban J connectivity index is 2.02. The maximum atomic E-state index is 13.0. The second-order valence-corrected chi connectivity index (χ2v) is 7.01. The predicted octanol–water partition coefficient (Wildman–Crippen LogP) is 4.88. The van der Waals surface area contributed by atoms with Crippen LogP contribution in [0.3, 0.4) is 0 Å². The third-order valence-corrected chi connectivity index (χ3v) is 5.10. The topological polar surface area (TPSA) is 82.3 Å². The number of halogens is 3. The number of anilines is 1. The Labute approximate surface area is 171 Å². The molecule has 2 N–H and O–H groups in total. The molecule has 30 heavy (non-hydrogen) atoms. The molecule has 1 aliphatic heterocycles. The van der Waals surface area contributed by atoms with Crippen molar-refractivity contribution in [2.24, 2.45) is 0 Å². The molecule has 0 bridgehead atoms. The molecule has 0 spiro atoms. The van der Waals surface area contributed by atoms with E-state index < -0.39 is 18.1 Å². The Morgan fingerprint density at radius 2 is 2.03 bits per heavy atom. The fourth-order valence-electron chi connectivity index (χ4n) is 3.28. The van der Waals surface area contributed by atoms with Crippen LogP contribution in [-0.2, 0) is 11.2 Å². The Bertz CT molecular complexity index is 1040. The number of ether oxygens (including phenoxy) is 1. The van der Waals surface area contributed by atoms with Gasteiger partial charge in [-0.3, -0.25) is 0 Å². The average molecular weight is 416 g/mol. The van der Waals surface area contributed by atoms with E-state index in [0.29, 0.717) is 46.7 Å². The number of aliphatic carboxylic acids is 1. The van der Waals surface area contributed by atoms with Crippen LogP contribution in [0.25, 0.3) is 11.1 Å². The van der Waals surface area contributed by atoms with Crippen molar-refractivity contribution in [3.63, 3.8) is 0 Å². The van der Waals surface area contributed by atoms with E-state index in [1.54, 1.807) is 18.2 Å². The summed E-state index contributed by atoms with van der Waals surface area (Å²) < 4.78 is 44.6. The predicted molar refractivity (Wildman–Crippen MR) is 106 cm³/mol. The van der Waals surface area contributed by atoms with Crippen molar-refractivity contribution in [2.75, 3.05) is 18.5 Å². The molecule has 0 aromatic heterocycles. The van der Waals surface area contributed by atoms with Gasteiger partial charge in [0.1, 0.15) is 11.8 Å². The number of fused-ring (bicyclic) bond motifs is 1. The fraction of sp³-hybridized carbons (Fsp3) is 0.273. The number of nitriles is 1. The van der Waals surface area contributed by atoms with Crippen LogP contribution in [-0.4, -0.2) is 30.4 Å². The minimum absolute atomic E-state index is 0.0644. The number of hydrogen-bond donors (Lipinski definition) is 2. The summed E-state index contributed by atoms with van der Waals surface area (Å²) >= 11 is 0. The van der Waals surface area contributed by atoms with Gasteiger partial charge in [-0.25, -0.2) is 4.79 Å². The number of carbonyl (C=O) groups is 1. The summed E-state index contributed by atoms with van der Waals surface area (Å²) in [5, 5.41) is 21.5. The highest BCUT2D eigenvalue weighted by Gasteiger charge is 2.37. The fourth-order valence-corrected chi connectivity index (χ4v) is 3.28. The van der Waals surface area contributed by atoms with Crippen LogP contribution in [0.2, 0.25) is 0 Å². The molecule has 0 radical (unpaired) electrons. The molecule has 8 heteroatoms. The molecule has 1 unspecified atom stereocenters. The second kappa shape index (κ2) is 8.11. The van der Waals surface area contributed by atoms with Gasteiger partial charge in [0, 0.05) is 29.7 Å². The minimum atomic E-state index is -4.33. The van der Waals surface area contributed by atoms with E-state index in [1.807, 2.05) is 0 Å². The zero-order valence-corrected chi connectivity index (χ0v) is 16.1. The Kier molecular flexibility index (Phi) is 5.74. The molecule has 0 fully saturated rings. The minimum Gasteiger partial charge on any atom is -0.492 e. The maximum Gasteiger partial charge on any atom is 0.395 e. The van der Waals surface area contributed by atoms with Crippen molar-refractivity contribution in [3.05, 3.63) is 59.2 Å². The average Bonchev–Trinajstić information content (AvgIpc) is 3.19. The lowest BCUT2D eigenvalue weighted by atomic mass is 9.93. The number of alkyl halides is 3. The smallest absolute Gasteiger partial charge is 0.395 e. The van der Waals surface area contributed by atoms with Crippen LogP contribution >= 0.6 is 0 Å². The normalized spacial score (nSPS) is 13.7. The first-order chi connectivity index (χ1) is 14.1.